The zero-order chi connectivity index (χ0) is 39.9. The number of carbonyl (C=O) groups excluding carboxylic acids is 1. The molecule has 0 unspecified atom stereocenters. The highest BCUT2D eigenvalue weighted by molar-refractivity contribution is 6.07. The summed E-state index contributed by atoms with van der Waals surface area (Å²) < 4.78 is 19.7. The smallest absolute Gasteiger partial charge is 0.407 e. The Labute approximate surface area is 341 Å². The van der Waals surface area contributed by atoms with Gasteiger partial charge in [0.25, 0.3) is 0 Å². The molecule has 0 aliphatic carbocycles. The number of nitrogens with one attached hydrogen (secondary N) is 3. The average Bonchev–Trinajstić information content (AvgIpc) is 4.02. The number of rotatable bonds is 13. The molecule has 0 atom stereocenters. The second-order valence-electron chi connectivity index (χ2n) is 14.6. The molecule has 0 radical (unpaired) electrons. The highest BCUT2D eigenvalue weighted by Crippen LogP contribution is 2.31. The Morgan fingerprint density at radius 1 is 0.690 bits per heavy atom. The molecule has 8 rings (SSSR count). The Kier molecular flexibility index (Phi) is 13.1. The topological polar surface area (TPSA) is 202 Å². The van der Waals surface area contributed by atoms with E-state index >= 15 is 0 Å². The van der Waals surface area contributed by atoms with Gasteiger partial charge >= 0.3 is 6.09 Å². The second kappa shape index (κ2) is 18.3. The minimum atomic E-state index is -0.484. The van der Waals surface area contributed by atoms with Gasteiger partial charge in [-0.25, -0.2) is 14.8 Å². The number of aromatic amines is 2. The molecule has 8 aromatic heterocycles. The Bertz CT molecular complexity index is 2620. The van der Waals surface area contributed by atoms with Gasteiger partial charge in [0.15, 0.2) is 0 Å². The molecule has 58 heavy (non-hydrogen) atoms. The lowest BCUT2D eigenvalue weighted by molar-refractivity contribution is 0.0527. The molecule has 5 N–H and O–H groups in total. The fourth-order valence-electron chi connectivity index (χ4n) is 6.41. The van der Waals surface area contributed by atoms with Gasteiger partial charge in [0.2, 0.25) is 0 Å². The van der Waals surface area contributed by atoms with E-state index in [0.717, 1.165) is 111 Å². The summed E-state index contributed by atoms with van der Waals surface area (Å²) in [6.07, 6.45) is 18.1. The van der Waals surface area contributed by atoms with Crippen LogP contribution in [0.2, 0.25) is 0 Å². The van der Waals surface area contributed by atoms with E-state index in [0.29, 0.717) is 18.8 Å². The summed E-state index contributed by atoms with van der Waals surface area (Å²) in [5.74, 6) is 1.45. The number of H-pyrrole nitrogens is 2. The maximum atomic E-state index is 11.7. The van der Waals surface area contributed by atoms with Crippen LogP contribution in [0.3, 0.4) is 0 Å². The minimum Gasteiger partial charge on any atom is -0.495 e. The van der Waals surface area contributed by atoms with Crippen LogP contribution < -0.4 is 20.5 Å². The van der Waals surface area contributed by atoms with Crippen LogP contribution in [0.5, 0.6) is 11.5 Å². The maximum Gasteiger partial charge on any atom is 0.407 e. The number of fused-ring (bicyclic) bond motifs is 6. The Morgan fingerprint density at radius 2 is 1.19 bits per heavy atom. The van der Waals surface area contributed by atoms with Crippen LogP contribution in [0.4, 0.5) is 4.79 Å². The number of ether oxygens (including phenoxy) is 3. The van der Waals surface area contributed by atoms with Crippen molar-refractivity contribution in [2.45, 2.75) is 65.1 Å². The van der Waals surface area contributed by atoms with Crippen molar-refractivity contribution in [3.8, 4) is 34.0 Å². The Morgan fingerprint density at radius 3 is 1.66 bits per heavy atom. The van der Waals surface area contributed by atoms with Gasteiger partial charge in [-0.3, -0.25) is 19.3 Å². The number of hydrogen-bond acceptors (Lipinski definition) is 11. The van der Waals surface area contributed by atoms with Crippen molar-refractivity contribution in [3.63, 3.8) is 0 Å². The first-order valence-electron chi connectivity index (χ1n) is 19.0. The van der Waals surface area contributed by atoms with E-state index in [1.165, 1.54) is 0 Å². The largest absolute Gasteiger partial charge is 0.495 e. The summed E-state index contributed by atoms with van der Waals surface area (Å²) in [6, 6.07) is 8.07. The van der Waals surface area contributed by atoms with Gasteiger partial charge in [0.05, 0.1) is 73.8 Å². The molecule has 8 aromatic rings. The number of aromatic nitrogens is 10. The molecule has 16 nitrogen and oxygen atoms in total. The number of carbonyl (C=O) groups is 1. The third-order valence-electron chi connectivity index (χ3n) is 9.27. The van der Waals surface area contributed by atoms with Crippen LogP contribution in [-0.2, 0) is 17.8 Å². The van der Waals surface area contributed by atoms with Gasteiger partial charge in [-0.1, -0.05) is 0 Å². The van der Waals surface area contributed by atoms with Crippen LogP contribution in [0.25, 0.3) is 66.4 Å². The number of methoxy groups -OCH3 is 2. The van der Waals surface area contributed by atoms with Gasteiger partial charge in [-0.05, 0) is 77.3 Å². The highest BCUT2D eigenvalue weighted by atomic mass is 35.5. The van der Waals surface area contributed by atoms with Crippen molar-refractivity contribution in [3.05, 3.63) is 73.8 Å². The third kappa shape index (κ3) is 9.81. The van der Waals surface area contributed by atoms with E-state index < -0.39 is 5.60 Å². The fourth-order valence-corrected chi connectivity index (χ4v) is 6.41. The number of amides is 1. The zero-order valence-electron chi connectivity index (χ0n) is 33.3. The van der Waals surface area contributed by atoms with Gasteiger partial charge in [-0.15, -0.1) is 12.4 Å². The maximum absolute atomic E-state index is 11.7. The number of pyridine rings is 4. The van der Waals surface area contributed by atoms with Crippen LogP contribution >= 0.6 is 12.4 Å². The van der Waals surface area contributed by atoms with Gasteiger partial charge in [-0.2, -0.15) is 10.2 Å². The number of unbranched alkanes of at least 4 members (excludes halogenated alkanes) is 2. The summed E-state index contributed by atoms with van der Waals surface area (Å²) in [6.45, 7) is 8.45. The molecule has 1 amide bonds. The number of hydrogen-bond donors (Lipinski definition) is 4. The number of aryl methyl sites for hydroxylation is 2. The van der Waals surface area contributed by atoms with Crippen molar-refractivity contribution in [1.82, 2.24) is 54.8 Å². The van der Waals surface area contributed by atoms with E-state index in [2.05, 4.69) is 51.5 Å². The van der Waals surface area contributed by atoms with Crippen molar-refractivity contribution < 1.29 is 19.0 Å². The Hall–Kier alpha value is -6.26. The highest BCUT2D eigenvalue weighted by Gasteiger charge is 2.16. The lowest BCUT2D eigenvalue weighted by Crippen LogP contribution is -2.33. The number of alkyl carbamates (subject to hydrolysis) is 1. The first-order chi connectivity index (χ1) is 27.6. The molecule has 0 aliphatic rings. The Balaban J connectivity index is 0.000000198. The van der Waals surface area contributed by atoms with Crippen molar-refractivity contribution >= 4 is 62.4 Å². The summed E-state index contributed by atoms with van der Waals surface area (Å²) in [7, 11) is 3.27. The van der Waals surface area contributed by atoms with E-state index in [1.54, 1.807) is 26.6 Å². The van der Waals surface area contributed by atoms with Crippen molar-refractivity contribution in [2.24, 2.45) is 5.73 Å². The number of nitrogens with zero attached hydrogens (tertiary/aromatic N) is 8. The van der Waals surface area contributed by atoms with E-state index in [4.69, 9.17) is 19.9 Å². The minimum absolute atomic E-state index is 0. The standard InChI is InChI=1S/C23H28N6O3.C18H20N6O.ClH/c1-23(2,3)32-22(30)24-7-5-6-8-29-14-15(11-27-29)19-10-17-18-9-16(31-4)12-26-21(18)28-20(17)13-25-19;1-25-13-6-15-14-7-16(20-10-17(14)23-18(15)21-9-13)12-8-22-24(11-12)5-3-2-4-19;/h9-14H,5-8H2,1-4H3,(H,24,30)(H,26,28);6-11H,2-5,19H2,1H3,(H,21,23);1H. The monoisotopic (exact) mass is 808 g/mol. The van der Waals surface area contributed by atoms with Crippen LogP contribution in [-0.4, -0.2) is 88.5 Å². The molecular weight excluding hydrogens is 760 g/mol. The second-order valence-corrected chi connectivity index (χ2v) is 14.6. The summed E-state index contributed by atoms with van der Waals surface area (Å²) in [5, 5.41) is 15.8. The number of halogens is 1. The van der Waals surface area contributed by atoms with Gasteiger partial charge in [0, 0.05) is 64.7 Å². The summed E-state index contributed by atoms with van der Waals surface area (Å²) in [5.41, 5.74) is 12.2. The van der Waals surface area contributed by atoms with Crippen molar-refractivity contribution in [1.29, 1.82) is 0 Å². The summed E-state index contributed by atoms with van der Waals surface area (Å²) >= 11 is 0. The van der Waals surface area contributed by atoms with E-state index in [1.807, 2.05) is 85.5 Å². The predicted molar refractivity (Wildman–Crippen MR) is 227 cm³/mol. The molecule has 0 spiro atoms. The lowest BCUT2D eigenvalue weighted by atomic mass is 10.1. The van der Waals surface area contributed by atoms with Crippen LogP contribution in [0.15, 0.2) is 73.8 Å². The molecule has 0 saturated carbocycles. The molecular formula is C41H49ClN12O4. The summed E-state index contributed by atoms with van der Waals surface area (Å²) in [4.78, 5) is 36.2. The van der Waals surface area contributed by atoms with Crippen LogP contribution in [0.1, 0.15) is 46.5 Å². The molecule has 0 aliphatic heterocycles. The molecule has 304 valence electrons. The molecule has 0 aromatic carbocycles. The normalized spacial score (nSPS) is 11.4. The predicted octanol–water partition coefficient (Wildman–Crippen LogP) is 7.43. The van der Waals surface area contributed by atoms with Gasteiger partial charge < -0.3 is 35.2 Å². The van der Waals surface area contributed by atoms with Crippen LogP contribution in [0, 0.1) is 0 Å². The SMILES string of the molecule is COc1cnc2[nH]c3cnc(-c4cnn(CCCCN)c4)cc3c2c1.COc1cnc2[nH]c3cnc(-c4cnn(CCCCNC(=O)OC(C)(C)C)c4)cc3c2c1.Cl. The van der Waals surface area contributed by atoms with E-state index in [-0.39, 0.29) is 18.5 Å². The van der Waals surface area contributed by atoms with E-state index in [9.17, 15) is 4.79 Å². The first-order valence-corrected chi connectivity index (χ1v) is 19.0. The molecule has 0 fully saturated rings. The average molecular weight is 809 g/mol. The quantitative estimate of drug-likeness (QED) is 0.0844. The molecule has 17 heteroatoms. The fraction of sp³-hybridized carbons (Fsp3) is 0.341. The third-order valence-corrected chi connectivity index (χ3v) is 9.27. The lowest BCUT2D eigenvalue weighted by Gasteiger charge is -2.19. The zero-order valence-corrected chi connectivity index (χ0v) is 34.1. The van der Waals surface area contributed by atoms with Crippen molar-refractivity contribution in [2.75, 3.05) is 27.3 Å². The first kappa shape index (κ1) is 41.4. The number of nitrogens with two attached hydrogens (primary N) is 1. The van der Waals surface area contributed by atoms with Gasteiger partial charge in [0.1, 0.15) is 28.4 Å². The molecule has 8 heterocycles. The molecule has 0 bridgehead atoms. The molecule has 0 saturated heterocycles.